The van der Waals surface area contributed by atoms with Crippen molar-refractivity contribution in [1.29, 1.82) is 0 Å². The van der Waals surface area contributed by atoms with Gasteiger partial charge >= 0.3 is 6.03 Å². The number of H-pyrrole nitrogens is 1. The van der Waals surface area contributed by atoms with E-state index in [1.807, 2.05) is 19.2 Å². The summed E-state index contributed by atoms with van der Waals surface area (Å²) < 4.78 is 0. The highest BCUT2D eigenvalue weighted by Crippen LogP contribution is 2.19. The van der Waals surface area contributed by atoms with Crippen LogP contribution in [0, 0.1) is 6.92 Å². The molecule has 0 saturated carbocycles. The van der Waals surface area contributed by atoms with Crippen molar-refractivity contribution in [2.75, 3.05) is 6.54 Å². The number of amides is 2. The molecule has 2 aromatic heterocycles. The average molecular weight is 341 g/mol. The molecular formula is C19H23N3OS. The summed E-state index contributed by atoms with van der Waals surface area (Å²) in [7, 11) is 0. The van der Waals surface area contributed by atoms with Crippen molar-refractivity contribution in [2.24, 2.45) is 0 Å². The second-order valence-electron chi connectivity index (χ2n) is 6.20. The van der Waals surface area contributed by atoms with Crippen LogP contribution in [0.15, 0.2) is 41.9 Å². The lowest BCUT2D eigenvalue weighted by Gasteiger charge is -2.13. The first kappa shape index (κ1) is 16.6. The van der Waals surface area contributed by atoms with Crippen molar-refractivity contribution in [3.8, 4) is 0 Å². The number of aryl methyl sites for hydroxylation is 1. The summed E-state index contributed by atoms with van der Waals surface area (Å²) >= 11 is 1.72. The van der Waals surface area contributed by atoms with Gasteiger partial charge in [-0.3, -0.25) is 0 Å². The quantitative estimate of drug-likeness (QED) is 0.623. The molecule has 3 aromatic rings. The summed E-state index contributed by atoms with van der Waals surface area (Å²) in [6, 6.07) is 10.6. The highest BCUT2D eigenvalue weighted by Gasteiger charge is 2.09. The van der Waals surface area contributed by atoms with Gasteiger partial charge in [-0.2, -0.15) is 0 Å². The number of thiophene rings is 1. The van der Waals surface area contributed by atoms with E-state index in [4.69, 9.17) is 0 Å². The molecule has 1 unspecified atom stereocenters. The smallest absolute Gasteiger partial charge is 0.315 e. The lowest BCUT2D eigenvalue weighted by molar-refractivity contribution is 0.238. The van der Waals surface area contributed by atoms with Crippen molar-refractivity contribution in [1.82, 2.24) is 15.6 Å². The molecule has 4 nitrogen and oxygen atoms in total. The Bertz CT molecular complexity index is 807. The van der Waals surface area contributed by atoms with Crippen molar-refractivity contribution in [3.05, 3.63) is 57.9 Å². The third-order valence-electron chi connectivity index (χ3n) is 4.07. The fourth-order valence-corrected chi connectivity index (χ4v) is 3.71. The summed E-state index contributed by atoms with van der Waals surface area (Å²) in [5, 5.41) is 9.23. The third-order valence-corrected chi connectivity index (χ3v) is 4.97. The van der Waals surface area contributed by atoms with Crippen molar-refractivity contribution >= 4 is 28.3 Å². The Morgan fingerprint density at radius 1 is 1.33 bits per heavy atom. The number of fused-ring (bicyclic) bond motifs is 1. The van der Waals surface area contributed by atoms with E-state index in [2.05, 4.69) is 52.2 Å². The van der Waals surface area contributed by atoms with Gasteiger partial charge in [-0.05, 0) is 48.9 Å². The molecule has 3 N–H and O–H groups in total. The van der Waals surface area contributed by atoms with Crippen LogP contribution in [0.4, 0.5) is 4.79 Å². The maximum absolute atomic E-state index is 12.0. The number of hydrogen-bond acceptors (Lipinski definition) is 2. The largest absolute Gasteiger partial charge is 0.361 e. The number of benzene rings is 1. The number of aromatic amines is 1. The SMILES string of the molecule is Cc1ccc2c(CCNC(=O)NC(C)Cc3cccs3)c[nH]c2c1. The molecular weight excluding hydrogens is 318 g/mol. The van der Waals surface area contributed by atoms with Crippen molar-refractivity contribution < 1.29 is 4.79 Å². The van der Waals surface area contributed by atoms with Crippen LogP contribution in [0.3, 0.4) is 0 Å². The van der Waals surface area contributed by atoms with Gasteiger partial charge in [0.25, 0.3) is 0 Å². The average Bonchev–Trinajstić information content (AvgIpc) is 3.17. The van der Waals surface area contributed by atoms with Crippen molar-refractivity contribution in [3.63, 3.8) is 0 Å². The molecule has 0 bridgehead atoms. The van der Waals surface area contributed by atoms with Crippen LogP contribution in [0.5, 0.6) is 0 Å². The maximum atomic E-state index is 12.0. The predicted molar refractivity (Wildman–Crippen MR) is 101 cm³/mol. The molecule has 0 spiro atoms. The molecule has 1 atom stereocenters. The van der Waals surface area contributed by atoms with Crippen molar-refractivity contribution in [2.45, 2.75) is 32.7 Å². The molecule has 24 heavy (non-hydrogen) atoms. The Hall–Kier alpha value is -2.27. The molecule has 0 aliphatic carbocycles. The lowest BCUT2D eigenvalue weighted by Crippen LogP contribution is -2.42. The number of aromatic nitrogens is 1. The second-order valence-corrected chi connectivity index (χ2v) is 7.23. The van der Waals surface area contributed by atoms with Crippen LogP contribution in [-0.2, 0) is 12.8 Å². The molecule has 0 aliphatic rings. The molecule has 3 rings (SSSR count). The summed E-state index contributed by atoms with van der Waals surface area (Å²) in [6.45, 7) is 4.74. The molecule has 0 radical (unpaired) electrons. The monoisotopic (exact) mass is 341 g/mol. The summed E-state index contributed by atoms with van der Waals surface area (Å²) in [4.78, 5) is 16.6. The standard InChI is InChI=1S/C19H23N3OS/c1-13-5-6-17-15(12-21-18(17)10-13)7-8-20-19(23)22-14(2)11-16-4-3-9-24-16/h3-6,9-10,12,14,21H,7-8,11H2,1-2H3,(H2,20,22,23). The maximum Gasteiger partial charge on any atom is 0.315 e. The Morgan fingerprint density at radius 3 is 3.00 bits per heavy atom. The number of hydrogen-bond donors (Lipinski definition) is 3. The van der Waals surface area contributed by atoms with Gasteiger partial charge in [-0.1, -0.05) is 18.2 Å². The molecule has 0 saturated heterocycles. The summed E-state index contributed by atoms with van der Waals surface area (Å²) in [5.74, 6) is 0. The van der Waals surface area contributed by atoms with Crippen LogP contribution in [0.25, 0.3) is 10.9 Å². The van der Waals surface area contributed by atoms with Gasteiger partial charge in [0.15, 0.2) is 0 Å². The Morgan fingerprint density at radius 2 is 2.21 bits per heavy atom. The molecule has 1 aromatic carbocycles. The normalized spacial score (nSPS) is 12.2. The highest BCUT2D eigenvalue weighted by molar-refractivity contribution is 7.09. The topological polar surface area (TPSA) is 56.9 Å². The van der Waals surface area contributed by atoms with E-state index in [-0.39, 0.29) is 12.1 Å². The van der Waals surface area contributed by atoms with Crippen LogP contribution >= 0.6 is 11.3 Å². The fourth-order valence-electron chi connectivity index (χ4n) is 2.87. The minimum atomic E-state index is -0.102. The predicted octanol–water partition coefficient (Wildman–Crippen LogP) is 4.01. The first-order valence-corrected chi connectivity index (χ1v) is 9.13. The number of carbonyl (C=O) groups excluding carboxylic acids is 1. The zero-order valence-electron chi connectivity index (χ0n) is 14.1. The van der Waals surface area contributed by atoms with E-state index in [1.54, 1.807) is 11.3 Å². The number of urea groups is 1. The van der Waals surface area contributed by atoms with E-state index in [0.717, 1.165) is 18.4 Å². The lowest BCUT2D eigenvalue weighted by atomic mass is 10.1. The van der Waals surface area contributed by atoms with E-state index in [9.17, 15) is 4.79 Å². The molecule has 126 valence electrons. The summed E-state index contributed by atoms with van der Waals surface area (Å²) in [6.07, 6.45) is 3.71. The second kappa shape index (κ2) is 7.53. The minimum absolute atomic E-state index is 0.102. The van der Waals surface area contributed by atoms with E-state index in [1.165, 1.54) is 21.4 Å². The summed E-state index contributed by atoms with van der Waals surface area (Å²) in [5.41, 5.74) is 3.63. The number of rotatable bonds is 6. The molecule has 2 heterocycles. The molecule has 2 amide bonds. The third kappa shape index (κ3) is 4.17. The highest BCUT2D eigenvalue weighted by atomic mass is 32.1. The molecule has 0 aliphatic heterocycles. The van der Waals surface area contributed by atoms with Gasteiger partial charge in [0.05, 0.1) is 0 Å². The Labute approximate surface area is 146 Å². The zero-order valence-corrected chi connectivity index (χ0v) is 14.9. The number of carbonyl (C=O) groups is 1. The zero-order chi connectivity index (χ0) is 16.9. The number of nitrogens with one attached hydrogen (secondary N) is 3. The van der Waals surface area contributed by atoms with E-state index in [0.29, 0.717) is 6.54 Å². The first-order chi connectivity index (χ1) is 11.6. The van der Waals surface area contributed by atoms with Gasteiger partial charge in [-0.15, -0.1) is 11.3 Å². The fraction of sp³-hybridized carbons (Fsp3) is 0.316. The first-order valence-electron chi connectivity index (χ1n) is 8.25. The van der Waals surface area contributed by atoms with Crippen LogP contribution in [0.1, 0.15) is 22.9 Å². The van der Waals surface area contributed by atoms with E-state index >= 15 is 0 Å². The van der Waals surface area contributed by atoms with Gasteiger partial charge in [0.1, 0.15) is 0 Å². The van der Waals surface area contributed by atoms with Gasteiger partial charge < -0.3 is 15.6 Å². The Kier molecular flexibility index (Phi) is 5.20. The molecule has 5 heteroatoms. The van der Waals surface area contributed by atoms with Crippen LogP contribution < -0.4 is 10.6 Å². The van der Waals surface area contributed by atoms with Gasteiger partial charge in [-0.25, -0.2) is 4.79 Å². The van der Waals surface area contributed by atoms with Crippen LogP contribution in [-0.4, -0.2) is 23.6 Å². The minimum Gasteiger partial charge on any atom is -0.361 e. The molecule has 0 fully saturated rings. The van der Waals surface area contributed by atoms with Gasteiger partial charge in [0, 0.05) is 41.0 Å². The van der Waals surface area contributed by atoms with Crippen LogP contribution in [0.2, 0.25) is 0 Å². The van der Waals surface area contributed by atoms with Gasteiger partial charge in [0.2, 0.25) is 0 Å². The van der Waals surface area contributed by atoms with E-state index < -0.39 is 0 Å². The Balaban J connectivity index is 1.46.